The summed E-state index contributed by atoms with van der Waals surface area (Å²) in [5, 5.41) is 3.68. The molecule has 1 heterocycles. The molecule has 0 saturated carbocycles. The first-order valence-electron chi connectivity index (χ1n) is 10.7. The molecule has 9 heteroatoms. The molecule has 1 saturated heterocycles. The highest BCUT2D eigenvalue weighted by Crippen LogP contribution is 2.20. The number of rotatable bonds is 9. The average Bonchev–Trinajstić information content (AvgIpc) is 2.79. The zero-order chi connectivity index (χ0) is 23.1. The lowest BCUT2D eigenvalue weighted by Crippen LogP contribution is -2.41. The number of carbonyl (C=O) groups is 1. The third kappa shape index (κ3) is 6.68. The molecular formula is C23H30ClN3O4S. The smallest absolute Gasteiger partial charge is 0.242 e. The van der Waals surface area contributed by atoms with Crippen LogP contribution in [-0.2, 0) is 21.4 Å². The largest absolute Gasteiger partial charge is 0.492 e. The number of nitrogens with zero attached hydrogens (tertiary/aromatic N) is 2. The number of carbonyl (C=O) groups excluding carboxylic acids is 1. The molecule has 0 aromatic heterocycles. The van der Waals surface area contributed by atoms with Crippen molar-refractivity contribution in [3.8, 4) is 5.75 Å². The minimum Gasteiger partial charge on any atom is -0.492 e. The van der Waals surface area contributed by atoms with Crippen LogP contribution in [0.25, 0.3) is 0 Å². The van der Waals surface area contributed by atoms with Crippen molar-refractivity contribution >= 4 is 27.5 Å². The van der Waals surface area contributed by atoms with Gasteiger partial charge in [0.05, 0.1) is 11.4 Å². The van der Waals surface area contributed by atoms with Crippen LogP contribution in [0, 0.1) is 5.92 Å². The second kappa shape index (κ2) is 11.1. The van der Waals surface area contributed by atoms with Gasteiger partial charge in [-0.2, -0.15) is 0 Å². The molecule has 0 radical (unpaired) electrons. The summed E-state index contributed by atoms with van der Waals surface area (Å²) in [7, 11) is -0.470. The monoisotopic (exact) mass is 479 g/mol. The summed E-state index contributed by atoms with van der Waals surface area (Å²) >= 11 is 5.94. The Morgan fingerprint density at radius 1 is 1.09 bits per heavy atom. The van der Waals surface area contributed by atoms with E-state index in [9.17, 15) is 13.2 Å². The maximum absolute atomic E-state index is 12.5. The minimum atomic E-state index is -3.45. The third-order valence-corrected chi connectivity index (χ3v) is 7.63. The summed E-state index contributed by atoms with van der Waals surface area (Å²) in [6, 6.07) is 14.1. The highest BCUT2D eigenvalue weighted by molar-refractivity contribution is 7.89. The van der Waals surface area contributed by atoms with Gasteiger partial charge in [-0.25, -0.2) is 12.7 Å². The first-order chi connectivity index (χ1) is 15.3. The molecule has 174 valence electrons. The van der Waals surface area contributed by atoms with Gasteiger partial charge in [0.15, 0.2) is 0 Å². The maximum atomic E-state index is 12.5. The van der Waals surface area contributed by atoms with Crippen LogP contribution < -0.4 is 10.1 Å². The molecule has 32 heavy (non-hydrogen) atoms. The molecule has 2 aromatic rings. The van der Waals surface area contributed by atoms with Crippen molar-refractivity contribution in [2.24, 2.45) is 5.92 Å². The fraction of sp³-hybridized carbons (Fsp3) is 0.435. The Labute approximate surface area is 195 Å². The molecule has 1 amide bonds. The van der Waals surface area contributed by atoms with Crippen LogP contribution in [0.4, 0.5) is 0 Å². The van der Waals surface area contributed by atoms with Gasteiger partial charge in [0.25, 0.3) is 0 Å². The standard InChI is InChI=1S/C23H30ClN3O4S/c1-26(2)32(29,30)22-9-7-21(8-10-22)31-16-13-25-23(28)19-11-14-27(15-12-19)17-18-3-5-20(24)6-4-18/h3-10,19H,11-17H2,1-2H3,(H,25,28). The van der Waals surface area contributed by atoms with Crippen molar-refractivity contribution in [2.75, 3.05) is 40.3 Å². The Kier molecular flexibility index (Phi) is 8.53. The normalized spacial score (nSPS) is 15.6. The van der Waals surface area contributed by atoms with Crippen LogP contribution in [0.5, 0.6) is 5.75 Å². The quantitative estimate of drug-likeness (QED) is 0.559. The van der Waals surface area contributed by atoms with E-state index in [1.165, 1.54) is 36.1 Å². The number of hydrogen-bond acceptors (Lipinski definition) is 5. The van der Waals surface area contributed by atoms with E-state index >= 15 is 0 Å². The first kappa shape index (κ1) is 24.5. The lowest BCUT2D eigenvalue weighted by atomic mass is 9.95. The molecule has 0 aliphatic carbocycles. The molecule has 7 nitrogen and oxygen atoms in total. The van der Waals surface area contributed by atoms with E-state index in [0.29, 0.717) is 18.9 Å². The lowest BCUT2D eigenvalue weighted by molar-refractivity contribution is -0.126. The van der Waals surface area contributed by atoms with Gasteiger partial charge in [0.2, 0.25) is 15.9 Å². The van der Waals surface area contributed by atoms with Gasteiger partial charge in [-0.3, -0.25) is 9.69 Å². The Morgan fingerprint density at radius 2 is 1.72 bits per heavy atom. The number of ether oxygens (including phenoxy) is 1. The van der Waals surface area contributed by atoms with Crippen molar-refractivity contribution in [3.63, 3.8) is 0 Å². The zero-order valence-corrected chi connectivity index (χ0v) is 20.0. The predicted molar refractivity (Wildman–Crippen MR) is 125 cm³/mol. The van der Waals surface area contributed by atoms with Crippen LogP contribution in [0.2, 0.25) is 5.02 Å². The molecular weight excluding hydrogens is 450 g/mol. The number of halogens is 1. The van der Waals surface area contributed by atoms with Gasteiger partial charge in [-0.05, 0) is 67.9 Å². The average molecular weight is 480 g/mol. The molecule has 2 aromatic carbocycles. The number of nitrogens with one attached hydrogen (secondary N) is 1. The highest BCUT2D eigenvalue weighted by atomic mass is 35.5. The van der Waals surface area contributed by atoms with E-state index in [1.807, 2.05) is 24.3 Å². The van der Waals surface area contributed by atoms with Gasteiger partial charge >= 0.3 is 0 Å². The summed E-state index contributed by atoms with van der Waals surface area (Å²) < 4.78 is 31.0. The fourth-order valence-electron chi connectivity index (χ4n) is 3.61. The first-order valence-corrected chi connectivity index (χ1v) is 12.5. The van der Waals surface area contributed by atoms with Gasteiger partial charge < -0.3 is 10.1 Å². The van der Waals surface area contributed by atoms with Crippen molar-refractivity contribution in [2.45, 2.75) is 24.3 Å². The molecule has 1 aliphatic heterocycles. The second-order valence-electron chi connectivity index (χ2n) is 8.08. The summed E-state index contributed by atoms with van der Waals surface area (Å²) in [6.07, 6.45) is 1.67. The third-order valence-electron chi connectivity index (χ3n) is 5.55. The molecule has 0 atom stereocenters. The van der Waals surface area contributed by atoms with Crippen molar-refractivity contribution in [1.29, 1.82) is 0 Å². The molecule has 1 N–H and O–H groups in total. The molecule has 3 rings (SSSR count). The van der Waals surface area contributed by atoms with Crippen LogP contribution in [0.1, 0.15) is 18.4 Å². The number of hydrogen-bond donors (Lipinski definition) is 1. The van der Waals surface area contributed by atoms with Crippen LogP contribution >= 0.6 is 11.6 Å². The van der Waals surface area contributed by atoms with Crippen molar-refractivity contribution < 1.29 is 17.9 Å². The lowest BCUT2D eigenvalue weighted by Gasteiger charge is -2.31. The molecule has 0 unspecified atom stereocenters. The van der Waals surface area contributed by atoms with Gasteiger partial charge in [-0.15, -0.1) is 0 Å². The van der Waals surface area contributed by atoms with E-state index in [4.69, 9.17) is 16.3 Å². The molecule has 0 bridgehead atoms. The molecule has 0 spiro atoms. The summed E-state index contributed by atoms with van der Waals surface area (Å²) in [4.78, 5) is 15.0. The van der Waals surface area contributed by atoms with Gasteiger partial charge in [-0.1, -0.05) is 23.7 Å². The fourth-order valence-corrected chi connectivity index (χ4v) is 4.64. The topological polar surface area (TPSA) is 79.0 Å². The highest BCUT2D eigenvalue weighted by Gasteiger charge is 2.24. The Balaban J connectivity index is 1.35. The van der Waals surface area contributed by atoms with Crippen molar-refractivity contribution in [1.82, 2.24) is 14.5 Å². The van der Waals surface area contributed by atoms with Crippen LogP contribution in [-0.4, -0.2) is 63.9 Å². The maximum Gasteiger partial charge on any atom is 0.242 e. The summed E-state index contributed by atoms with van der Waals surface area (Å²) in [5.41, 5.74) is 1.22. The number of sulfonamides is 1. The SMILES string of the molecule is CN(C)S(=O)(=O)c1ccc(OCCNC(=O)C2CCN(Cc3ccc(Cl)cc3)CC2)cc1. The number of benzene rings is 2. The molecule has 1 fully saturated rings. The summed E-state index contributed by atoms with van der Waals surface area (Å²) in [6.45, 7) is 3.37. The number of amides is 1. The van der Waals surface area contributed by atoms with E-state index in [1.54, 1.807) is 12.1 Å². The number of likely N-dealkylation sites (tertiary alicyclic amines) is 1. The van der Waals surface area contributed by atoms with Crippen LogP contribution in [0.15, 0.2) is 53.4 Å². The zero-order valence-electron chi connectivity index (χ0n) is 18.5. The predicted octanol–water partition coefficient (Wildman–Crippen LogP) is 3.00. The van der Waals surface area contributed by atoms with Gasteiger partial charge in [0.1, 0.15) is 12.4 Å². The molecule has 1 aliphatic rings. The van der Waals surface area contributed by atoms with E-state index in [0.717, 1.165) is 37.5 Å². The van der Waals surface area contributed by atoms with Crippen molar-refractivity contribution in [3.05, 3.63) is 59.1 Å². The Hall–Kier alpha value is -2.13. The summed E-state index contributed by atoms with van der Waals surface area (Å²) in [5.74, 6) is 0.645. The van der Waals surface area contributed by atoms with Crippen LogP contribution in [0.3, 0.4) is 0 Å². The second-order valence-corrected chi connectivity index (χ2v) is 10.7. The number of piperidine rings is 1. The van der Waals surface area contributed by atoms with Gasteiger partial charge in [0, 0.05) is 31.6 Å². The Morgan fingerprint density at radius 3 is 2.31 bits per heavy atom. The van der Waals surface area contributed by atoms with E-state index in [-0.39, 0.29) is 16.7 Å². The van der Waals surface area contributed by atoms with E-state index in [2.05, 4.69) is 10.2 Å². The van der Waals surface area contributed by atoms with E-state index < -0.39 is 10.0 Å². The Bertz CT molecular complexity index is 987. The minimum absolute atomic E-state index is 0.0204.